The van der Waals surface area contributed by atoms with Crippen LogP contribution in [0.4, 0.5) is 11.4 Å². The zero-order valence-electron chi connectivity index (χ0n) is 11.3. The first-order chi connectivity index (χ1) is 9.65. The number of nitro groups is 1. The minimum atomic E-state index is -0.503. The minimum absolute atomic E-state index is 0.102. The van der Waals surface area contributed by atoms with E-state index >= 15 is 0 Å². The molecule has 6 heteroatoms. The van der Waals surface area contributed by atoms with Crippen molar-refractivity contribution in [3.63, 3.8) is 0 Å². The molecule has 106 valence electrons. The van der Waals surface area contributed by atoms with E-state index in [0.717, 1.165) is 12.1 Å². The highest BCUT2D eigenvalue weighted by atomic mass is 32.2. The van der Waals surface area contributed by atoms with Crippen molar-refractivity contribution in [3.8, 4) is 6.07 Å². The van der Waals surface area contributed by atoms with Crippen LogP contribution >= 0.6 is 11.8 Å². The van der Waals surface area contributed by atoms with E-state index in [4.69, 9.17) is 5.26 Å². The van der Waals surface area contributed by atoms with Gasteiger partial charge in [0.15, 0.2) is 0 Å². The predicted octanol–water partition coefficient (Wildman–Crippen LogP) is 3.55. The Morgan fingerprint density at radius 3 is 2.85 bits per heavy atom. The molecule has 0 aliphatic heterocycles. The molecule has 1 aromatic rings. The van der Waals surface area contributed by atoms with Crippen LogP contribution in [0.3, 0.4) is 0 Å². The molecule has 0 spiro atoms. The average molecular weight is 291 g/mol. The van der Waals surface area contributed by atoms with Crippen molar-refractivity contribution in [2.24, 2.45) is 0 Å². The van der Waals surface area contributed by atoms with Gasteiger partial charge in [-0.15, -0.1) is 0 Å². The molecular formula is C14H17N3O2S. The van der Waals surface area contributed by atoms with Gasteiger partial charge in [-0.05, 0) is 31.2 Å². The first-order valence-corrected chi connectivity index (χ1v) is 7.92. The molecule has 1 aromatic carbocycles. The molecule has 1 aliphatic rings. The lowest BCUT2D eigenvalue weighted by molar-refractivity contribution is -0.385. The third kappa shape index (κ3) is 3.23. The number of nitriles is 1. The van der Waals surface area contributed by atoms with Crippen LogP contribution in [-0.4, -0.2) is 22.5 Å². The number of hydrogen-bond donors (Lipinski definition) is 1. The smallest absolute Gasteiger partial charge is 0.289 e. The lowest BCUT2D eigenvalue weighted by Crippen LogP contribution is -2.34. The second-order valence-corrected chi connectivity index (χ2v) is 5.99. The molecule has 1 saturated carbocycles. The van der Waals surface area contributed by atoms with E-state index in [1.165, 1.54) is 31.4 Å². The van der Waals surface area contributed by atoms with Gasteiger partial charge in [0, 0.05) is 23.0 Å². The minimum Gasteiger partial charge on any atom is -0.381 e. The van der Waals surface area contributed by atoms with Crippen LogP contribution in [0, 0.1) is 21.4 Å². The third-order valence-electron chi connectivity index (χ3n) is 3.67. The quantitative estimate of drug-likeness (QED) is 0.678. The van der Waals surface area contributed by atoms with Gasteiger partial charge in [0.25, 0.3) is 5.69 Å². The number of nitrogens with one attached hydrogen (secondary N) is 1. The molecule has 0 saturated heterocycles. The number of hydrogen-bond acceptors (Lipinski definition) is 5. The second-order valence-electron chi connectivity index (χ2n) is 4.91. The summed E-state index contributed by atoms with van der Waals surface area (Å²) in [4.78, 5) is 10.5. The van der Waals surface area contributed by atoms with Crippen LogP contribution in [0.5, 0.6) is 0 Å². The van der Waals surface area contributed by atoms with Gasteiger partial charge in [-0.25, -0.2) is 0 Å². The van der Waals surface area contributed by atoms with Gasteiger partial charge in [-0.3, -0.25) is 10.1 Å². The van der Waals surface area contributed by atoms with Crippen molar-refractivity contribution in [1.82, 2.24) is 0 Å². The summed E-state index contributed by atoms with van der Waals surface area (Å²) in [6.07, 6.45) is 6.80. The molecule has 0 heterocycles. The monoisotopic (exact) mass is 291 g/mol. The van der Waals surface area contributed by atoms with Crippen LogP contribution in [0.2, 0.25) is 0 Å². The Hall–Kier alpha value is -1.74. The van der Waals surface area contributed by atoms with Crippen molar-refractivity contribution < 1.29 is 4.92 Å². The predicted molar refractivity (Wildman–Crippen MR) is 81.0 cm³/mol. The van der Waals surface area contributed by atoms with Gasteiger partial charge < -0.3 is 5.32 Å². The summed E-state index contributed by atoms with van der Waals surface area (Å²) in [5.41, 5.74) is 0.696. The fourth-order valence-electron chi connectivity index (χ4n) is 2.63. The van der Waals surface area contributed by atoms with Crippen LogP contribution in [0.15, 0.2) is 18.2 Å². The first-order valence-electron chi connectivity index (χ1n) is 6.63. The maximum atomic E-state index is 11.0. The van der Waals surface area contributed by atoms with E-state index in [0.29, 0.717) is 11.3 Å². The summed E-state index contributed by atoms with van der Waals surface area (Å²) < 4.78 is 0. The Morgan fingerprint density at radius 1 is 1.45 bits per heavy atom. The fourth-order valence-corrected chi connectivity index (χ4v) is 3.56. The van der Waals surface area contributed by atoms with Gasteiger partial charge in [0.2, 0.25) is 0 Å². The van der Waals surface area contributed by atoms with E-state index in [2.05, 4.69) is 11.6 Å². The Labute approximate surface area is 122 Å². The van der Waals surface area contributed by atoms with E-state index in [1.807, 2.05) is 17.8 Å². The summed E-state index contributed by atoms with van der Waals surface area (Å²) in [6.45, 7) is 0. The number of benzene rings is 1. The molecule has 2 rings (SSSR count). The number of nitrogens with zero attached hydrogens (tertiary/aromatic N) is 2. The third-order valence-corrected chi connectivity index (χ3v) is 4.84. The highest BCUT2D eigenvalue weighted by Gasteiger charge is 2.25. The molecule has 1 N–H and O–H groups in total. The summed E-state index contributed by atoms with van der Waals surface area (Å²) in [7, 11) is 0. The van der Waals surface area contributed by atoms with Gasteiger partial charge in [-0.1, -0.05) is 12.8 Å². The molecule has 20 heavy (non-hydrogen) atoms. The Kier molecular flexibility index (Phi) is 4.85. The SMILES string of the molecule is CSC1CCCCC1Nc1ccc(C#N)c([N+](=O)[O-])c1. The normalized spacial score (nSPS) is 22.0. The Morgan fingerprint density at radius 2 is 2.20 bits per heavy atom. The van der Waals surface area contributed by atoms with Gasteiger partial charge in [0.05, 0.1) is 4.92 Å². The molecule has 0 amide bonds. The largest absolute Gasteiger partial charge is 0.381 e. The molecule has 0 radical (unpaired) electrons. The van der Waals surface area contributed by atoms with Gasteiger partial charge in [0.1, 0.15) is 11.6 Å². The maximum absolute atomic E-state index is 11.0. The molecule has 5 nitrogen and oxygen atoms in total. The average Bonchev–Trinajstić information content (AvgIpc) is 2.47. The van der Waals surface area contributed by atoms with Crippen molar-refractivity contribution in [2.75, 3.05) is 11.6 Å². The zero-order chi connectivity index (χ0) is 14.5. The van der Waals surface area contributed by atoms with E-state index < -0.39 is 4.92 Å². The highest BCUT2D eigenvalue weighted by Crippen LogP contribution is 2.31. The van der Waals surface area contributed by atoms with Gasteiger partial charge >= 0.3 is 0 Å². The number of rotatable bonds is 4. The van der Waals surface area contributed by atoms with Gasteiger partial charge in [-0.2, -0.15) is 17.0 Å². The second kappa shape index (κ2) is 6.62. The number of nitro benzene ring substituents is 1. The van der Waals surface area contributed by atoms with E-state index in [9.17, 15) is 10.1 Å². The van der Waals surface area contributed by atoms with Crippen LogP contribution in [-0.2, 0) is 0 Å². The number of thioether (sulfide) groups is 1. The molecule has 0 bridgehead atoms. The lowest BCUT2D eigenvalue weighted by Gasteiger charge is -2.31. The maximum Gasteiger partial charge on any atom is 0.289 e. The van der Waals surface area contributed by atoms with Crippen LogP contribution in [0.1, 0.15) is 31.2 Å². The van der Waals surface area contributed by atoms with Crippen LogP contribution in [0.25, 0.3) is 0 Å². The van der Waals surface area contributed by atoms with E-state index in [1.54, 1.807) is 6.07 Å². The van der Waals surface area contributed by atoms with Crippen molar-refractivity contribution in [3.05, 3.63) is 33.9 Å². The molecular weight excluding hydrogens is 274 g/mol. The molecule has 1 aliphatic carbocycles. The first kappa shape index (κ1) is 14.7. The standard InChI is InChI=1S/C14H17N3O2S/c1-20-14-5-3-2-4-12(14)16-11-7-6-10(9-15)13(8-11)17(18)19/h6-8,12,14,16H,2-5H2,1H3. The van der Waals surface area contributed by atoms with Crippen LogP contribution < -0.4 is 5.32 Å². The van der Waals surface area contributed by atoms with Crippen molar-refractivity contribution in [1.29, 1.82) is 5.26 Å². The fraction of sp³-hybridized carbons (Fsp3) is 0.500. The summed E-state index contributed by atoms with van der Waals surface area (Å²) >= 11 is 1.84. The summed E-state index contributed by atoms with van der Waals surface area (Å²) in [6, 6.07) is 6.92. The number of anilines is 1. The molecule has 0 aromatic heterocycles. The Bertz CT molecular complexity index is 542. The Balaban J connectivity index is 2.19. The summed E-state index contributed by atoms with van der Waals surface area (Å²) in [5, 5.41) is 23.8. The van der Waals surface area contributed by atoms with E-state index in [-0.39, 0.29) is 11.3 Å². The molecule has 2 unspecified atom stereocenters. The van der Waals surface area contributed by atoms with Crippen molar-refractivity contribution in [2.45, 2.75) is 37.0 Å². The topological polar surface area (TPSA) is 79.0 Å². The lowest BCUT2D eigenvalue weighted by atomic mass is 9.94. The van der Waals surface area contributed by atoms with Crippen molar-refractivity contribution >= 4 is 23.1 Å². The highest BCUT2D eigenvalue weighted by molar-refractivity contribution is 7.99. The zero-order valence-corrected chi connectivity index (χ0v) is 12.2. The molecule has 1 fully saturated rings. The summed E-state index contributed by atoms with van der Waals surface area (Å²) in [5.74, 6) is 0. The molecule has 2 atom stereocenters.